The molecule has 7 nitrogen and oxygen atoms in total. The molecule has 1 aromatic carbocycles. The van der Waals surface area contributed by atoms with Crippen LogP contribution in [0.3, 0.4) is 0 Å². The fraction of sp³-hybridized carbons (Fsp3) is 0.190. The molecular weight excluding hydrogens is 390 g/mol. The van der Waals surface area contributed by atoms with Crippen LogP contribution < -0.4 is 0 Å². The quantitative estimate of drug-likeness (QED) is 0.548. The number of aliphatic hydroxyl groups excluding tert-OH is 1. The van der Waals surface area contributed by atoms with Crippen LogP contribution in [-0.4, -0.2) is 34.8 Å². The van der Waals surface area contributed by atoms with E-state index in [-0.39, 0.29) is 24.1 Å². The summed E-state index contributed by atoms with van der Waals surface area (Å²) in [4.78, 5) is 16.9. The van der Waals surface area contributed by atoms with Crippen LogP contribution in [0, 0.1) is 11.6 Å². The Morgan fingerprint density at radius 2 is 1.63 bits per heavy atom. The average Bonchev–Trinajstić information content (AvgIpc) is 3.45. The lowest BCUT2D eigenvalue weighted by Gasteiger charge is -2.08. The van der Waals surface area contributed by atoms with Crippen molar-refractivity contribution < 1.29 is 13.9 Å². The van der Waals surface area contributed by atoms with E-state index in [1.807, 2.05) is 0 Å². The van der Waals surface area contributed by atoms with Gasteiger partial charge in [0.2, 0.25) is 0 Å². The van der Waals surface area contributed by atoms with Crippen LogP contribution in [0.5, 0.6) is 0 Å². The summed E-state index contributed by atoms with van der Waals surface area (Å²) in [6, 6.07) is 4.55. The molecule has 0 bridgehead atoms. The van der Waals surface area contributed by atoms with Crippen LogP contribution in [0.4, 0.5) is 8.78 Å². The molecule has 1 aliphatic rings. The highest BCUT2D eigenvalue weighted by Gasteiger charge is 2.41. The monoisotopic (exact) mass is 406 g/mol. The third-order valence-electron chi connectivity index (χ3n) is 5.18. The second kappa shape index (κ2) is 7.34. The van der Waals surface area contributed by atoms with Crippen molar-refractivity contribution in [3.8, 4) is 17.3 Å². The van der Waals surface area contributed by atoms with Gasteiger partial charge >= 0.3 is 0 Å². The Kier molecular flexibility index (Phi) is 4.51. The van der Waals surface area contributed by atoms with Crippen LogP contribution in [-0.2, 0) is 6.61 Å². The molecule has 30 heavy (non-hydrogen) atoms. The zero-order chi connectivity index (χ0) is 20.7. The highest BCUT2D eigenvalue weighted by Crippen LogP contribution is 2.54. The van der Waals surface area contributed by atoms with Crippen LogP contribution in [0.2, 0.25) is 0 Å². The number of aromatic nitrogens is 6. The van der Waals surface area contributed by atoms with E-state index in [1.54, 1.807) is 36.9 Å². The largest absolute Gasteiger partial charge is 0.392 e. The highest BCUT2D eigenvalue weighted by molar-refractivity contribution is 5.45. The van der Waals surface area contributed by atoms with Crippen molar-refractivity contribution in [1.82, 2.24) is 29.7 Å². The zero-order valence-electron chi connectivity index (χ0n) is 15.7. The molecule has 0 radical (unpaired) electrons. The van der Waals surface area contributed by atoms with Gasteiger partial charge in [-0.25, -0.2) is 33.4 Å². The molecule has 4 aromatic rings. The predicted octanol–water partition coefficient (Wildman–Crippen LogP) is 3.16. The number of halogens is 2. The van der Waals surface area contributed by atoms with Gasteiger partial charge in [0.1, 0.15) is 5.69 Å². The maximum absolute atomic E-state index is 14.4. The average molecular weight is 406 g/mol. The van der Waals surface area contributed by atoms with Crippen molar-refractivity contribution in [2.45, 2.75) is 24.9 Å². The zero-order valence-corrected chi connectivity index (χ0v) is 15.7. The molecule has 1 N–H and O–H groups in total. The van der Waals surface area contributed by atoms with E-state index < -0.39 is 11.6 Å². The summed E-state index contributed by atoms with van der Waals surface area (Å²) in [5.74, 6) is -0.859. The SMILES string of the molecule is OCc1cnn(-c2cc([C@@H]3C[C@@H]3c3cnc(-c4ncccn4)nc3)cc(F)c2F)c1. The topological polar surface area (TPSA) is 89.6 Å². The van der Waals surface area contributed by atoms with Gasteiger partial charge in [-0.3, -0.25) is 0 Å². The van der Waals surface area contributed by atoms with E-state index >= 15 is 0 Å². The summed E-state index contributed by atoms with van der Waals surface area (Å²) in [5.41, 5.74) is 2.14. The third-order valence-corrected chi connectivity index (χ3v) is 5.18. The first-order chi connectivity index (χ1) is 14.6. The smallest absolute Gasteiger partial charge is 0.197 e. The van der Waals surface area contributed by atoms with Crippen molar-refractivity contribution in [2.24, 2.45) is 0 Å². The van der Waals surface area contributed by atoms with Gasteiger partial charge in [0, 0.05) is 36.5 Å². The molecule has 0 aliphatic heterocycles. The maximum atomic E-state index is 14.4. The molecule has 0 amide bonds. The molecule has 0 unspecified atom stereocenters. The highest BCUT2D eigenvalue weighted by atomic mass is 19.2. The summed E-state index contributed by atoms with van der Waals surface area (Å²) < 4.78 is 29.9. The summed E-state index contributed by atoms with van der Waals surface area (Å²) in [6.45, 7) is -0.224. The first-order valence-electron chi connectivity index (χ1n) is 9.37. The molecule has 5 rings (SSSR count). The van der Waals surface area contributed by atoms with Gasteiger partial charge in [0.25, 0.3) is 0 Å². The van der Waals surface area contributed by atoms with E-state index in [2.05, 4.69) is 25.0 Å². The first kappa shape index (κ1) is 18.4. The van der Waals surface area contributed by atoms with Crippen molar-refractivity contribution in [2.75, 3.05) is 0 Å². The minimum Gasteiger partial charge on any atom is -0.392 e. The molecule has 1 aliphatic carbocycles. The number of aliphatic hydroxyl groups is 1. The van der Waals surface area contributed by atoms with E-state index in [0.29, 0.717) is 22.8 Å². The van der Waals surface area contributed by atoms with Crippen molar-refractivity contribution in [1.29, 1.82) is 0 Å². The van der Waals surface area contributed by atoms with Gasteiger partial charge in [-0.15, -0.1) is 0 Å². The number of hydrogen-bond acceptors (Lipinski definition) is 6. The molecule has 1 fully saturated rings. The molecule has 1 saturated carbocycles. The number of nitrogens with zero attached hydrogens (tertiary/aromatic N) is 6. The lowest BCUT2D eigenvalue weighted by atomic mass is 10.1. The second-order valence-electron chi connectivity index (χ2n) is 7.15. The summed E-state index contributed by atoms with van der Waals surface area (Å²) in [7, 11) is 0. The second-order valence-corrected chi connectivity index (χ2v) is 7.15. The Bertz CT molecular complexity index is 1200. The van der Waals surface area contributed by atoms with Gasteiger partial charge in [-0.2, -0.15) is 5.10 Å². The van der Waals surface area contributed by atoms with Crippen LogP contribution in [0.1, 0.15) is 34.9 Å². The van der Waals surface area contributed by atoms with Crippen molar-refractivity contribution in [3.63, 3.8) is 0 Å². The standard InChI is InChI=1S/C21H16F2N6O/c22-17-4-13(5-18(19(17)23)29-10-12(11-30)7-28-29)15-6-16(15)14-8-26-21(27-9-14)20-24-2-1-3-25-20/h1-5,7-10,15-16,30H,6,11H2/t15-,16+/m0/s1. The van der Waals surface area contributed by atoms with E-state index in [9.17, 15) is 13.9 Å². The number of hydrogen-bond donors (Lipinski definition) is 1. The van der Waals surface area contributed by atoms with E-state index in [1.165, 1.54) is 23.1 Å². The fourth-order valence-corrected chi connectivity index (χ4v) is 3.54. The minimum atomic E-state index is -0.973. The summed E-state index contributed by atoms with van der Waals surface area (Å²) in [6.07, 6.45) is 10.4. The number of rotatable bonds is 5. The summed E-state index contributed by atoms with van der Waals surface area (Å²) >= 11 is 0. The van der Waals surface area contributed by atoms with E-state index in [0.717, 1.165) is 12.0 Å². The fourth-order valence-electron chi connectivity index (χ4n) is 3.54. The minimum absolute atomic E-state index is 0.0168. The third kappa shape index (κ3) is 3.33. The molecule has 3 aromatic heterocycles. The molecule has 150 valence electrons. The normalized spacial score (nSPS) is 17.8. The van der Waals surface area contributed by atoms with Crippen molar-refractivity contribution >= 4 is 0 Å². The molecule has 2 atom stereocenters. The molecule has 9 heteroatoms. The van der Waals surface area contributed by atoms with E-state index in [4.69, 9.17) is 0 Å². The van der Waals surface area contributed by atoms with Gasteiger partial charge < -0.3 is 5.11 Å². The lowest BCUT2D eigenvalue weighted by molar-refractivity contribution is 0.282. The Morgan fingerprint density at radius 1 is 0.933 bits per heavy atom. The first-order valence-corrected chi connectivity index (χ1v) is 9.37. The Labute approximate surface area is 170 Å². The Balaban J connectivity index is 1.40. The molecule has 0 spiro atoms. The molecule has 3 heterocycles. The van der Waals surface area contributed by atoms with Gasteiger partial charge in [-0.05, 0) is 47.6 Å². The summed E-state index contributed by atoms with van der Waals surface area (Å²) in [5, 5.41) is 13.2. The Morgan fingerprint density at radius 3 is 2.33 bits per heavy atom. The van der Waals surface area contributed by atoms with Gasteiger partial charge in [0.15, 0.2) is 23.3 Å². The number of benzene rings is 1. The lowest BCUT2D eigenvalue weighted by Crippen LogP contribution is -2.03. The predicted molar refractivity (Wildman–Crippen MR) is 103 cm³/mol. The van der Waals surface area contributed by atoms with Crippen LogP contribution in [0.15, 0.2) is 55.4 Å². The Hall–Kier alpha value is -3.59. The van der Waals surface area contributed by atoms with Crippen molar-refractivity contribution in [3.05, 3.63) is 83.7 Å². The maximum Gasteiger partial charge on any atom is 0.197 e. The molecular formula is C21H16F2N6O. The van der Waals surface area contributed by atoms with Crippen LogP contribution >= 0.6 is 0 Å². The van der Waals surface area contributed by atoms with Gasteiger partial charge in [-0.1, -0.05) is 0 Å². The van der Waals surface area contributed by atoms with Crippen LogP contribution in [0.25, 0.3) is 17.3 Å². The van der Waals surface area contributed by atoms with Gasteiger partial charge in [0.05, 0.1) is 12.8 Å². The molecule has 0 saturated heterocycles.